The minimum atomic E-state index is -3.25. The topological polar surface area (TPSA) is 40.6 Å². The summed E-state index contributed by atoms with van der Waals surface area (Å²) < 4.78 is 28.7. The molecule has 0 aliphatic carbocycles. The summed E-state index contributed by atoms with van der Waals surface area (Å²) in [5.74, 6) is 0.538. The third kappa shape index (κ3) is 3.18. The molecule has 1 atom stereocenters. The summed E-state index contributed by atoms with van der Waals surface area (Å²) in [6.45, 7) is 2.04. The average Bonchev–Trinajstić information content (AvgIpc) is 2.41. The molecule has 0 spiro atoms. The average molecular weight is 295 g/mol. The largest absolute Gasteiger partial charge is 0.282 e. The van der Waals surface area contributed by atoms with Gasteiger partial charge in [-0.05, 0) is 32.1 Å². The molecule has 6 heteroatoms. The van der Waals surface area contributed by atoms with Crippen molar-refractivity contribution in [2.75, 3.05) is 25.5 Å². The maximum absolute atomic E-state index is 12.6. The summed E-state index contributed by atoms with van der Waals surface area (Å²) in [6.07, 6.45) is 6.96. The van der Waals surface area contributed by atoms with Gasteiger partial charge in [0.2, 0.25) is 0 Å². The molecule has 18 heavy (non-hydrogen) atoms. The molecule has 2 heterocycles. The molecular formula is C12H23ClN2O2S. The van der Waals surface area contributed by atoms with E-state index in [2.05, 4.69) is 0 Å². The van der Waals surface area contributed by atoms with Crippen LogP contribution in [0.1, 0.15) is 44.9 Å². The molecule has 0 aromatic heterocycles. The van der Waals surface area contributed by atoms with Gasteiger partial charge in [-0.3, -0.25) is 0 Å². The zero-order valence-corrected chi connectivity index (χ0v) is 12.4. The number of halogens is 1. The van der Waals surface area contributed by atoms with Crippen LogP contribution in [0.3, 0.4) is 0 Å². The predicted octanol–water partition coefficient (Wildman–Crippen LogP) is 2.20. The van der Waals surface area contributed by atoms with Crippen LogP contribution < -0.4 is 0 Å². The number of alkyl halides is 1. The van der Waals surface area contributed by atoms with Crippen LogP contribution in [0.2, 0.25) is 0 Å². The van der Waals surface area contributed by atoms with Crippen molar-refractivity contribution in [1.82, 2.24) is 8.61 Å². The third-order valence-electron chi connectivity index (χ3n) is 3.95. The standard InChI is InChI=1S/C12H23ClN2O2S/c13-8-7-12-6-2-5-11-15(12)18(16,17)14-9-3-1-4-10-14/h12H,1-11H2. The van der Waals surface area contributed by atoms with Crippen LogP contribution in [0.5, 0.6) is 0 Å². The Morgan fingerprint density at radius 1 is 1.00 bits per heavy atom. The van der Waals surface area contributed by atoms with Gasteiger partial charge in [-0.1, -0.05) is 12.8 Å². The van der Waals surface area contributed by atoms with Crippen LogP contribution in [-0.2, 0) is 10.2 Å². The number of piperidine rings is 2. The highest BCUT2D eigenvalue weighted by Gasteiger charge is 2.36. The lowest BCUT2D eigenvalue weighted by Crippen LogP contribution is -2.51. The molecule has 0 aromatic carbocycles. The third-order valence-corrected chi connectivity index (χ3v) is 6.26. The molecule has 0 aromatic rings. The van der Waals surface area contributed by atoms with E-state index in [1.165, 1.54) is 0 Å². The molecule has 0 saturated carbocycles. The van der Waals surface area contributed by atoms with Gasteiger partial charge >= 0.3 is 0 Å². The minimum absolute atomic E-state index is 0.114. The molecule has 2 saturated heterocycles. The number of hydrogen-bond acceptors (Lipinski definition) is 2. The van der Waals surface area contributed by atoms with Gasteiger partial charge in [-0.25, -0.2) is 0 Å². The molecule has 0 radical (unpaired) electrons. The summed E-state index contributed by atoms with van der Waals surface area (Å²) >= 11 is 5.80. The van der Waals surface area contributed by atoms with Crippen molar-refractivity contribution in [2.45, 2.75) is 51.0 Å². The predicted molar refractivity (Wildman–Crippen MR) is 74.0 cm³/mol. The van der Waals surface area contributed by atoms with Crippen LogP contribution in [0.4, 0.5) is 0 Å². The number of nitrogens with zero attached hydrogens (tertiary/aromatic N) is 2. The molecule has 1 unspecified atom stereocenters. The monoisotopic (exact) mass is 294 g/mol. The summed E-state index contributed by atoms with van der Waals surface area (Å²) in [6, 6.07) is 0.114. The van der Waals surface area contributed by atoms with E-state index in [0.717, 1.165) is 44.9 Å². The van der Waals surface area contributed by atoms with Gasteiger partial charge in [-0.2, -0.15) is 17.0 Å². The number of hydrogen-bond donors (Lipinski definition) is 0. The molecule has 2 aliphatic rings. The Bertz CT molecular complexity index is 353. The van der Waals surface area contributed by atoms with E-state index in [9.17, 15) is 8.42 Å². The molecule has 2 aliphatic heterocycles. The van der Waals surface area contributed by atoms with E-state index < -0.39 is 10.2 Å². The van der Waals surface area contributed by atoms with E-state index in [1.54, 1.807) is 8.61 Å². The zero-order chi connectivity index (χ0) is 13.0. The van der Waals surface area contributed by atoms with Crippen molar-refractivity contribution < 1.29 is 8.42 Å². The Hall–Kier alpha value is 0.160. The van der Waals surface area contributed by atoms with Gasteiger partial charge in [0.15, 0.2) is 0 Å². The van der Waals surface area contributed by atoms with E-state index in [4.69, 9.17) is 11.6 Å². The van der Waals surface area contributed by atoms with Gasteiger partial charge in [0.25, 0.3) is 10.2 Å². The maximum atomic E-state index is 12.6. The molecule has 106 valence electrons. The Morgan fingerprint density at radius 2 is 1.67 bits per heavy atom. The second-order valence-corrected chi connectivity index (χ2v) is 7.46. The molecule has 0 N–H and O–H groups in total. The lowest BCUT2D eigenvalue weighted by atomic mass is 10.0. The van der Waals surface area contributed by atoms with Crippen molar-refractivity contribution in [3.8, 4) is 0 Å². The normalized spacial score (nSPS) is 28.4. The van der Waals surface area contributed by atoms with Crippen molar-refractivity contribution in [2.24, 2.45) is 0 Å². The first-order chi connectivity index (χ1) is 8.66. The van der Waals surface area contributed by atoms with Gasteiger partial charge in [0, 0.05) is 31.6 Å². The van der Waals surface area contributed by atoms with E-state index in [1.807, 2.05) is 0 Å². The minimum Gasteiger partial charge on any atom is -0.195 e. The second kappa shape index (κ2) is 6.55. The summed E-state index contributed by atoms with van der Waals surface area (Å²) in [4.78, 5) is 0. The van der Waals surface area contributed by atoms with Crippen LogP contribution in [-0.4, -0.2) is 48.6 Å². The molecular weight excluding hydrogens is 272 g/mol. The van der Waals surface area contributed by atoms with Gasteiger partial charge in [0.1, 0.15) is 0 Å². The second-order valence-electron chi connectivity index (χ2n) is 5.21. The first kappa shape index (κ1) is 14.6. The van der Waals surface area contributed by atoms with E-state index in [-0.39, 0.29) is 6.04 Å². The highest BCUT2D eigenvalue weighted by Crippen LogP contribution is 2.26. The molecule has 0 bridgehead atoms. The van der Waals surface area contributed by atoms with Crippen molar-refractivity contribution >= 4 is 21.8 Å². The lowest BCUT2D eigenvalue weighted by molar-refractivity contribution is 0.220. The molecule has 4 nitrogen and oxygen atoms in total. The van der Waals surface area contributed by atoms with Crippen LogP contribution >= 0.6 is 11.6 Å². The molecule has 2 fully saturated rings. The highest BCUT2D eigenvalue weighted by molar-refractivity contribution is 7.86. The maximum Gasteiger partial charge on any atom is 0.282 e. The van der Waals surface area contributed by atoms with Crippen molar-refractivity contribution in [3.05, 3.63) is 0 Å². The Balaban J connectivity index is 2.10. The van der Waals surface area contributed by atoms with Gasteiger partial charge in [0.05, 0.1) is 0 Å². The summed E-state index contributed by atoms with van der Waals surface area (Å²) in [7, 11) is -3.25. The van der Waals surface area contributed by atoms with Crippen LogP contribution in [0.25, 0.3) is 0 Å². The summed E-state index contributed by atoms with van der Waals surface area (Å²) in [5, 5.41) is 0. The number of rotatable bonds is 4. The highest BCUT2D eigenvalue weighted by atomic mass is 35.5. The van der Waals surface area contributed by atoms with Gasteiger partial charge in [-0.15, -0.1) is 11.6 Å². The quantitative estimate of drug-likeness (QED) is 0.746. The van der Waals surface area contributed by atoms with E-state index >= 15 is 0 Å². The van der Waals surface area contributed by atoms with Crippen molar-refractivity contribution in [3.63, 3.8) is 0 Å². The van der Waals surface area contributed by atoms with E-state index in [0.29, 0.717) is 25.5 Å². The zero-order valence-electron chi connectivity index (χ0n) is 10.9. The summed E-state index contributed by atoms with van der Waals surface area (Å²) in [5.41, 5.74) is 0. The fourth-order valence-electron chi connectivity index (χ4n) is 2.94. The lowest BCUT2D eigenvalue weighted by Gasteiger charge is -2.38. The molecule has 2 rings (SSSR count). The van der Waals surface area contributed by atoms with Gasteiger partial charge < -0.3 is 0 Å². The fraction of sp³-hybridized carbons (Fsp3) is 1.00. The first-order valence-corrected chi connectivity index (χ1v) is 8.92. The van der Waals surface area contributed by atoms with Crippen molar-refractivity contribution in [1.29, 1.82) is 0 Å². The Morgan fingerprint density at radius 3 is 2.33 bits per heavy atom. The fourth-order valence-corrected chi connectivity index (χ4v) is 5.15. The first-order valence-electron chi connectivity index (χ1n) is 6.99. The van der Waals surface area contributed by atoms with Crippen LogP contribution in [0.15, 0.2) is 0 Å². The SMILES string of the molecule is O=S(=O)(N1CCCCC1)N1CCCCC1CCCl. The Kier molecular flexibility index (Phi) is 5.30. The Labute approximate surface area is 115 Å². The molecule has 0 amide bonds. The smallest absolute Gasteiger partial charge is 0.195 e. The van der Waals surface area contributed by atoms with Crippen LogP contribution in [0, 0.1) is 0 Å².